The summed E-state index contributed by atoms with van der Waals surface area (Å²) in [5.74, 6) is -0.626. The number of fused-ring (bicyclic) bond motifs is 1. The minimum atomic E-state index is -4.50. The second-order valence-electron chi connectivity index (χ2n) is 5.32. The summed E-state index contributed by atoms with van der Waals surface area (Å²) in [6, 6.07) is 11.0. The van der Waals surface area contributed by atoms with Gasteiger partial charge in [0.2, 0.25) is 5.91 Å². The zero-order valence-electron chi connectivity index (χ0n) is 12.7. The molecule has 0 spiro atoms. The van der Waals surface area contributed by atoms with Crippen LogP contribution < -0.4 is 10.9 Å². The number of aromatic nitrogens is 2. The number of benzene rings is 2. The third kappa shape index (κ3) is 3.68. The van der Waals surface area contributed by atoms with Crippen LogP contribution in [-0.2, 0) is 17.5 Å². The minimum Gasteiger partial charge on any atom is -0.325 e. The molecular formula is C17H12F3N3O2. The maximum Gasteiger partial charge on any atom is 0.416 e. The molecule has 0 unspecified atom stereocenters. The van der Waals surface area contributed by atoms with Crippen molar-refractivity contribution in [3.8, 4) is 0 Å². The number of carbonyl (C=O) groups excluding carboxylic acids is 1. The molecule has 2 aromatic carbocycles. The van der Waals surface area contributed by atoms with Crippen LogP contribution in [-0.4, -0.2) is 15.5 Å². The van der Waals surface area contributed by atoms with Gasteiger partial charge in [0.25, 0.3) is 5.56 Å². The van der Waals surface area contributed by atoms with Gasteiger partial charge < -0.3 is 5.32 Å². The lowest BCUT2D eigenvalue weighted by Crippen LogP contribution is -2.28. The van der Waals surface area contributed by atoms with E-state index >= 15 is 0 Å². The SMILES string of the molecule is O=C(Cn1cnc2ccccc2c1=O)Nc1cccc(C(F)(F)F)c1. The molecule has 1 N–H and O–H groups in total. The first-order valence-electron chi connectivity index (χ1n) is 7.26. The summed E-state index contributed by atoms with van der Waals surface area (Å²) in [7, 11) is 0. The van der Waals surface area contributed by atoms with Gasteiger partial charge in [-0.2, -0.15) is 13.2 Å². The average molecular weight is 347 g/mol. The number of hydrogen-bond donors (Lipinski definition) is 1. The van der Waals surface area contributed by atoms with Crippen molar-refractivity contribution in [3.05, 3.63) is 70.8 Å². The van der Waals surface area contributed by atoms with Gasteiger partial charge in [0.15, 0.2) is 0 Å². The molecule has 0 radical (unpaired) electrons. The summed E-state index contributed by atoms with van der Waals surface area (Å²) >= 11 is 0. The fraction of sp³-hybridized carbons (Fsp3) is 0.118. The summed E-state index contributed by atoms with van der Waals surface area (Å²) in [6.07, 6.45) is -3.27. The lowest BCUT2D eigenvalue weighted by Gasteiger charge is -2.10. The maximum absolute atomic E-state index is 12.7. The molecule has 3 rings (SSSR count). The van der Waals surface area contributed by atoms with Crippen LogP contribution >= 0.6 is 0 Å². The number of nitrogens with one attached hydrogen (secondary N) is 1. The molecule has 1 heterocycles. The number of alkyl halides is 3. The molecule has 0 saturated heterocycles. The Morgan fingerprint density at radius 1 is 1.12 bits per heavy atom. The summed E-state index contributed by atoms with van der Waals surface area (Å²) in [4.78, 5) is 28.4. The predicted molar refractivity (Wildman–Crippen MR) is 86.1 cm³/mol. The predicted octanol–water partition coefficient (Wildman–Crippen LogP) is 3.05. The molecule has 1 aromatic heterocycles. The van der Waals surface area contributed by atoms with Crippen molar-refractivity contribution in [2.45, 2.75) is 12.7 Å². The number of rotatable bonds is 3. The van der Waals surface area contributed by atoms with E-state index in [9.17, 15) is 22.8 Å². The highest BCUT2D eigenvalue weighted by Crippen LogP contribution is 2.30. The molecule has 0 fully saturated rings. The Labute approximate surface area is 139 Å². The zero-order valence-corrected chi connectivity index (χ0v) is 12.7. The van der Waals surface area contributed by atoms with Crippen molar-refractivity contribution < 1.29 is 18.0 Å². The number of hydrogen-bond acceptors (Lipinski definition) is 3. The Morgan fingerprint density at radius 2 is 1.88 bits per heavy atom. The number of carbonyl (C=O) groups is 1. The lowest BCUT2D eigenvalue weighted by atomic mass is 10.2. The van der Waals surface area contributed by atoms with E-state index in [0.717, 1.165) is 16.7 Å². The molecule has 25 heavy (non-hydrogen) atoms. The van der Waals surface area contributed by atoms with Crippen LogP contribution in [0.25, 0.3) is 10.9 Å². The molecule has 5 nitrogen and oxygen atoms in total. The Balaban J connectivity index is 1.80. The molecule has 3 aromatic rings. The third-order valence-corrected chi connectivity index (χ3v) is 3.52. The average Bonchev–Trinajstić information content (AvgIpc) is 2.57. The number of para-hydroxylation sites is 1. The Morgan fingerprint density at radius 3 is 2.64 bits per heavy atom. The molecular weight excluding hydrogens is 335 g/mol. The van der Waals surface area contributed by atoms with E-state index in [2.05, 4.69) is 10.3 Å². The smallest absolute Gasteiger partial charge is 0.325 e. The van der Waals surface area contributed by atoms with Gasteiger partial charge in [-0.05, 0) is 30.3 Å². The van der Waals surface area contributed by atoms with Crippen molar-refractivity contribution in [1.29, 1.82) is 0 Å². The molecule has 0 atom stereocenters. The molecule has 0 saturated carbocycles. The molecule has 0 aliphatic rings. The van der Waals surface area contributed by atoms with Crippen LogP contribution in [0.1, 0.15) is 5.56 Å². The van der Waals surface area contributed by atoms with Crippen LogP contribution in [0.4, 0.5) is 18.9 Å². The highest BCUT2D eigenvalue weighted by Gasteiger charge is 2.30. The van der Waals surface area contributed by atoms with Gasteiger partial charge >= 0.3 is 6.18 Å². The number of nitrogens with zero attached hydrogens (tertiary/aromatic N) is 2. The van der Waals surface area contributed by atoms with Crippen LogP contribution in [0.5, 0.6) is 0 Å². The largest absolute Gasteiger partial charge is 0.416 e. The highest BCUT2D eigenvalue weighted by atomic mass is 19.4. The van der Waals surface area contributed by atoms with Crippen LogP contribution in [0.2, 0.25) is 0 Å². The number of amides is 1. The van der Waals surface area contributed by atoms with Gasteiger partial charge in [-0.15, -0.1) is 0 Å². The first kappa shape index (κ1) is 16.7. The van der Waals surface area contributed by atoms with Gasteiger partial charge in [-0.1, -0.05) is 18.2 Å². The topological polar surface area (TPSA) is 64.0 Å². The summed E-state index contributed by atoms with van der Waals surface area (Å²) in [6.45, 7) is -0.354. The van der Waals surface area contributed by atoms with Crippen LogP contribution in [0, 0.1) is 0 Å². The number of halogens is 3. The van der Waals surface area contributed by atoms with E-state index in [1.807, 2.05) is 0 Å². The quantitative estimate of drug-likeness (QED) is 0.792. The Hall–Kier alpha value is -3.16. The maximum atomic E-state index is 12.7. The van der Waals surface area contributed by atoms with Gasteiger partial charge in [-0.3, -0.25) is 14.2 Å². The van der Waals surface area contributed by atoms with Gasteiger partial charge in [0, 0.05) is 5.69 Å². The Kier molecular flexibility index (Phi) is 4.26. The fourth-order valence-electron chi connectivity index (χ4n) is 2.35. The summed E-state index contributed by atoms with van der Waals surface area (Å²) in [5.41, 5.74) is -0.761. The second-order valence-corrected chi connectivity index (χ2v) is 5.32. The minimum absolute atomic E-state index is 0.00150. The first-order valence-corrected chi connectivity index (χ1v) is 7.26. The van der Waals surface area contributed by atoms with Crippen LogP contribution in [0.3, 0.4) is 0 Å². The summed E-state index contributed by atoms with van der Waals surface area (Å²) < 4.78 is 39.2. The highest BCUT2D eigenvalue weighted by molar-refractivity contribution is 5.90. The fourth-order valence-corrected chi connectivity index (χ4v) is 2.35. The lowest BCUT2D eigenvalue weighted by molar-refractivity contribution is -0.137. The molecule has 0 aliphatic carbocycles. The third-order valence-electron chi connectivity index (χ3n) is 3.52. The number of anilines is 1. The molecule has 1 amide bonds. The van der Waals surface area contributed by atoms with E-state index in [0.29, 0.717) is 10.9 Å². The van der Waals surface area contributed by atoms with E-state index < -0.39 is 23.2 Å². The van der Waals surface area contributed by atoms with Gasteiger partial charge in [-0.25, -0.2) is 4.98 Å². The van der Waals surface area contributed by atoms with E-state index in [4.69, 9.17) is 0 Å². The Bertz CT molecular complexity index is 996. The van der Waals surface area contributed by atoms with Crippen molar-refractivity contribution in [3.63, 3.8) is 0 Å². The van der Waals surface area contributed by atoms with Crippen molar-refractivity contribution in [2.24, 2.45) is 0 Å². The van der Waals surface area contributed by atoms with Crippen molar-refractivity contribution in [2.75, 3.05) is 5.32 Å². The van der Waals surface area contributed by atoms with Gasteiger partial charge in [0.1, 0.15) is 6.54 Å². The molecule has 0 bridgehead atoms. The first-order chi connectivity index (χ1) is 11.8. The monoisotopic (exact) mass is 347 g/mol. The normalized spacial score (nSPS) is 11.5. The van der Waals surface area contributed by atoms with E-state index in [1.165, 1.54) is 18.5 Å². The van der Waals surface area contributed by atoms with Gasteiger partial charge in [0.05, 0.1) is 22.8 Å². The van der Waals surface area contributed by atoms with Crippen molar-refractivity contribution >= 4 is 22.5 Å². The van der Waals surface area contributed by atoms with E-state index in [-0.39, 0.29) is 12.2 Å². The molecule has 8 heteroatoms. The molecule has 128 valence electrons. The standard InChI is InChI=1S/C17H12F3N3O2/c18-17(19,20)11-4-3-5-12(8-11)22-15(24)9-23-10-21-14-7-2-1-6-13(14)16(23)25/h1-8,10H,9H2,(H,22,24). The second kappa shape index (κ2) is 6.39. The van der Waals surface area contributed by atoms with Crippen molar-refractivity contribution in [1.82, 2.24) is 9.55 Å². The molecule has 0 aliphatic heterocycles. The zero-order chi connectivity index (χ0) is 18.0. The summed E-state index contributed by atoms with van der Waals surface area (Å²) in [5, 5.41) is 2.71. The van der Waals surface area contributed by atoms with Crippen LogP contribution in [0.15, 0.2) is 59.7 Å². The van der Waals surface area contributed by atoms with E-state index in [1.54, 1.807) is 24.3 Å².